The molecule has 2 heterocycles. The topological polar surface area (TPSA) is 52.0 Å². The molecule has 0 fully saturated rings. The summed E-state index contributed by atoms with van der Waals surface area (Å²) in [7, 11) is 1.46. The Kier molecular flexibility index (Phi) is 5.05. The van der Waals surface area contributed by atoms with Crippen LogP contribution < -0.4 is 10.1 Å². The smallest absolute Gasteiger partial charge is 0.170 e. The van der Waals surface area contributed by atoms with Crippen LogP contribution in [0.4, 0.5) is 10.2 Å². The van der Waals surface area contributed by atoms with Gasteiger partial charge in [0.25, 0.3) is 0 Å². The van der Waals surface area contributed by atoms with Crippen molar-refractivity contribution in [3.63, 3.8) is 0 Å². The Bertz CT molecular complexity index is 789. The fourth-order valence-corrected chi connectivity index (χ4v) is 2.41. The maximum atomic E-state index is 14.1. The number of hydrogen-bond acceptors (Lipinski definition) is 4. The third kappa shape index (κ3) is 3.90. The summed E-state index contributed by atoms with van der Waals surface area (Å²) >= 11 is 0. The van der Waals surface area contributed by atoms with E-state index in [1.54, 1.807) is 30.6 Å². The third-order valence-corrected chi connectivity index (χ3v) is 3.74. The molecule has 0 spiro atoms. The average Bonchev–Trinajstić information content (AvgIpc) is 3.08. The van der Waals surface area contributed by atoms with Crippen LogP contribution in [0, 0.1) is 5.82 Å². The Morgan fingerprint density at radius 2 is 2.00 bits per heavy atom. The van der Waals surface area contributed by atoms with Crippen LogP contribution in [0.2, 0.25) is 0 Å². The molecule has 24 heavy (non-hydrogen) atoms. The normalized spacial score (nSPS) is 10.6. The average molecular weight is 326 g/mol. The molecule has 0 saturated carbocycles. The number of rotatable bonds is 7. The summed E-state index contributed by atoms with van der Waals surface area (Å²) in [5.74, 6) is 0.619. The highest BCUT2D eigenvalue weighted by Crippen LogP contribution is 2.20. The number of pyridine rings is 1. The third-order valence-electron chi connectivity index (χ3n) is 3.74. The van der Waals surface area contributed by atoms with Gasteiger partial charge in [-0.15, -0.1) is 0 Å². The fourth-order valence-electron chi connectivity index (χ4n) is 2.41. The van der Waals surface area contributed by atoms with E-state index in [9.17, 15) is 4.39 Å². The number of anilines is 1. The molecule has 0 amide bonds. The molecule has 0 bridgehead atoms. The van der Waals surface area contributed by atoms with E-state index in [0.717, 1.165) is 13.0 Å². The van der Waals surface area contributed by atoms with Crippen molar-refractivity contribution in [2.24, 2.45) is 0 Å². The Balaban J connectivity index is 1.56. The summed E-state index contributed by atoms with van der Waals surface area (Å²) < 4.78 is 20.9. The molecule has 0 aliphatic carbocycles. The Hall–Kier alpha value is -2.89. The van der Waals surface area contributed by atoms with Crippen LogP contribution in [-0.2, 0) is 19.5 Å². The monoisotopic (exact) mass is 326 g/mol. The maximum Gasteiger partial charge on any atom is 0.170 e. The molecule has 124 valence electrons. The molecule has 3 rings (SSSR count). The minimum Gasteiger partial charge on any atom is -0.494 e. The molecule has 1 N–H and O–H groups in total. The number of benzene rings is 1. The lowest BCUT2D eigenvalue weighted by atomic mass is 10.2. The minimum absolute atomic E-state index is 0.247. The van der Waals surface area contributed by atoms with E-state index in [4.69, 9.17) is 4.74 Å². The van der Waals surface area contributed by atoms with Gasteiger partial charge in [0.05, 0.1) is 7.11 Å². The van der Waals surface area contributed by atoms with Crippen molar-refractivity contribution >= 4 is 5.82 Å². The number of nitrogens with zero attached hydrogens (tertiary/aromatic N) is 3. The van der Waals surface area contributed by atoms with Gasteiger partial charge in [-0.2, -0.15) is 5.10 Å². The van der Waals surface area contributed by atoms with Gasteiger partial charge in [-0.1, -0.05) is 12.1 Å². The highest BCUT2D eigenvalue weighted by Gasteiger charge is 2.08. The molecule has 6 heteroatoms. The van der Waals surface area contributed by atoms with Crippen molar-refractivity contribution in [1.29, 1.82) is 0 Å². The molecule has 0 saturated heterocycles. The number of ether oxygens (including phenoxy) is 1. The molecule has 0 atom stereocenters. The first kappa shape index (κ1) is 16.0. The van der Waals surface area contributed by atoms with Crippen molar-refractivity contribution in [3.8, 4) is 5.75 Å². The standard InChI is InChI=1S/C18H19FN4O/c1-24-16-4-2-3-15(18(16)19)13-21-17-8-12-23(22-17)11-7-14-5-9-20-10-6-14/h2-6,8-10,12H,7,11,13H2,1H3,(H,21,22). The molecule has 5 nitrogen and oxygen atoms in total. The number of methoxy groups -OCH3 is 1. The molecule has 0 aliphatic heterocycles. The zero-order chi connectivity index (χ0) is 16.8. The van der Waals surface area contributed by atoms with Gasteiger partial charge in [-0.3, -0.25) is 9.67 Å². The number of aromatic nitrogens is 3. The van der Waals surface area contributed by atoms with Crippen molar-refractivity contribution in [2.75, 3.05) is 12.4 Å². The number of halogens is 1. The van der Waals surface area contributed by atoms with Gasteiger partial charge < -0.3 is 10.1 Å². The fraction of sp³-hybridized carbons (Fsp3) is 0.222. The second kappa shape index (κ2) is 7.59. The molecule has 0 unspecified atom stereocenters. The van der Waals surface area contributed by atoms with Crippen LogP contribution in [0.5, 0.6) is 5.75 Å². The van der Waals surface area contributed by atoms with Gasteiger partial charge >= 0.3 is 0 Å². The van der Waals surface area contributed by atoms with E-state index < -0.39 is 0 Å². The van der Waals surface area contributed by atoms with Crippen molar-refractivity contribution < 1.29 is 9.13 Å². The minimum atomic E-state index is -0.343. The van der Waals surface area contributed by atoms with Crippen LogP contribution in [0.1, 0.15) is 11.1 Å². The summed E-state index contributed by atoms with van der Waals surface area (Å²) in [5.41, 5.74) is 1.76. The quantitative estimate of drug-likeness (QED) is 0.724. The van der Waals surface area contributed by atoms with Gasteiger partial charge in [0.15, 0.2) is 11.6 Å². The van der Waals surface area contributed by atoms with E-state index in [1.165, 1.54) is 12.7 Å². The lowest BCUT2D eigenvalue weighted by molar-refractivity contribution is 0.384. The van der Waals surface area contributed by atoms with Gasteiger partial charge in [0.2, 0.25) is 0 Å². The van der Waals surface area contributed by atoms with Crippen LogP contribution in [-0.4, -0.2) is 21.9 Å². The summed E-state index contributed by atoms with van der Waals surface area (Å²) in [4.78, 5) is 4.01. The van der Waals surface area contributed by atoms with Crippen LogP contribution in [0.25, 0.3) is 0 Å². The largest absolute Gasteiger partial charge is 0.494 e. The second-order valence-electron chi connectivity index (χ2n) is 5.36. The van der Waals surface area contributed by atoms with Crippen molar-refractivity contribution in [3.05, 3.63) is 71.9 Å². The first-order valence-corrected chi connectivity index (χ1v) is 7.74. The zero-order valence-electron chi connectivity index (χ0n) is 13.4. The van der Waals surface area contributed by atoms with E-state index >= 15 is 0 Å². The van der Waals surface area contributed by atoms with Crippen molar-refractivity contribution in [2.45, 2.75) is 19.5 Å². The number of hydrogen-bond donors (Lipinski definition) is 1. The number of aryl methyl sites for hydroxylation is 2. The molecule has 0 radical (unpaired) electrons. The zero-order valence-corrected chi connectivity index (χ0v) is 13.4. The van der Waals surface area contributed by atoms with Crippen LogP contribution >= 0.6 is 0 Å². The summed E-state index contributed by atoms with van der Waals surface area (Å²) in [5, 5.41) is 7.58. The lowest BCUT2D eigenvalue weighted by Gasteiger charge is -2.08. The highest BCUT2D eigenvalue weighted by molar-refractivity contribution is 5.37. The van der Waals surface area contributed by atoms with Gasteiger partial charge in [-0.05, 0) is 30.2 Å². The van der Waals surface area contributed by atoms with E-state index in [2.05, 4.69) is 15.4 Å². The van der Waals surface area contributed by atoms with Gasteiger partial charge in [0, 0.05) is 43.3 Å². The first-order chi connectivity index (χ1) is 11.8. The highest BCUT2D eigenvalue weighted by atomic mass is 19.1. The van der Waals surface area contributed by atoms with E-state index in [1.807, 2.05) is 29.1 Å². The molecular weight excluding hydrogens is 307 g/mol. The summed E-state index contributed by atoms with van der Waals surface area (Å²) in [6, 6.07) is 11.0. The predicted octanol–water partition coefficient (Wildman–Crippen LogP) is 3.28. The Labute approximate surface area is 140 Å². The van der Waals surface area contributed by atoms with E-state index in [0.29, 0.717) is 17.9 Å². The summed E-state index contributed by atoms with van der Waals surface area (Å²) in [6.07, 6.45) is 6.36. The second-order valence-corrected chi connectivity index (χ2v) is 5.36. The molecule has 1 aromatic carbocycles. The van der Waals surface area contributed by atoms with Crippen molar-refractivity contribution in [1.82, 2.24) is 14.8 Å². The first-order valence-electron chi connectivity index (χ1n) is 7.74. The Morgan fingerprint density at radius 1 is 1.17 bits per heavy atom. The van der Waals surface area contributed by atoms with Gasteiger partial charge in [-0.25, -0.2) is 4.39 Å². The van der Waals surface area contributed by atoms with Crippen LogP contribution in [0.3, 0.4) is 0 Å². The van der Waals surface area contributed by atoms with Gasteiger partial charge in [0.1, 0.15) is 5.82 Å². The maximum absolute atomic E-state index is 14.1. The lowest BCUT2D eigenvalue weighted by Crippen LogP contribution is -2.06. The van der Waals surface area contributed by atoms with E-state index in [-0.39, 0.29) is 11.6 Å². The summed E-state index contributed by atoms with van der Waals surface area (Å²) in [6.45, 7) is 1.13. The number of nitrogens with one attached hydrogen (secondary N) is 1. The molecule has 2 aromatic heterocycles. The predicted molar refractivity (Wildman–Crippen MR) is 90.4 cm³/mol. The molecular formula is C18H19FN4O. The molecule has 3 aromatic rings. The molecule has 0 aliphatic rings. The SMILES string of the molecule is COc1cccc(CNc2ccn(CCc3ccncc3)n2)c1F. The Morgan fingerprint density at radius 3 is 2.79 bits per heavy atom. The van der Waals surface area contributed by atoms with Crippen LogP contribution in [0.15, 0.2) is 55.0 Å².